The van der Waals surface area contributed by atoms with E-state index in [0.29, 0.717) is 24.8 Å². The lowest BCUT2D eigenvalue weighted by Gasteiger charge is -2.32. The maximum atomic E-state index is 12.0. The Morgan fingerprint density at radius 2 is 2.04 bits per heavy atom. The standard InChI is InChI=1S/C18H20N2O5S2/c1-27(23,24)17-9-16(20(21)22)18(26-17)19-10-13(12-5-3-2-4-6-12)14-11-25-8-7-15(14)19/h2-6,9,13-15H,7-8,10-11H2,1H3/t13-,14+,15+/m1/s1. The smallest absolute Gasteiger partial charge is 0.305 e. The second-order valence-corrected chi connectivity index (χ2v) is 10.3. The van der Waals surface area contributed by atoms with E-state index in [9.17, 15) is 18.5 Å². The normalized spacial score (nSPS) is 25.4. The van der Waals surface area contributed by atoms with E-state index in [-0.39, 0.29) is 27.8 Å². The van der Waals surface area contributed by atoms with Crippen molar-refractivity contribution in [3.63, 3.8) is 0 Å². The van der Waals surface area contributed by atoms with Gasteiger partial charge in [-0.1, -0.05) is 41.7 Å². The van der Waals surface area contributed by atoms with Gasteiger partial charge in [0, 0.05) is 43.4 Å². The second kappa shape index (κ2) is 6.88. The van der Waals surface area contributed by atoms with E-state index < -0.39 is 14.8 Å². The number of thiophene rings is 1. The highest BCUT2D eigenvalue weighted by Crippen LogP contribution is 2.48. The molecule has 0 spiro atoms. The largest absolute Gasteiger partial charge is 0.381 e. The number of fused-ring (bicyclic) bond motifs is 1. The summed E-state index contributed by atoms with van der Waals surface area (Å²) in [5.41, 5.74) is 1.06. The number of hydrogen-bond donors (Lipinski definition) is 0. The van der Waals surface area contributed by atoms with Gasteiger partial charge in [-0.3, -0.25) is 10.1 Å². The van der Waals surface area contributed by atoms with Crippen LogP contribution in [0.1, 0.15) is 17.9 Å². The molecule has 144 valence electrons. The molecule has 2 saturated heterocycles. The molecule has 9 heteroatoms. The molecule has 1 aromatic carbocycles. The van der Waals surface area contributed by atoms with Gasteiger partial charge in [-0.05, 0) is 12.0 Å². The van der Waals surface area contributed by atoms with E-state index in [2.05, 4.69) is 12.1 Å². The number of anilines is 1. The maximum absolute atomic E-state index is 12.0. The average Bonchev–Trinajstić information content (AvgIpc) is 3.24. The van der Waals surface area contributed by atoms with E-state index in [0.717, 1.165) is 24.0 Å². The molecule has 0 saturated carbocycles. The molecule has 0 aliphatic carbocycles. The quantitative estimate of drug-likeness (QED) is 0.570. The van der Waals surface area contributed by atoms with E-state index in [1.165, 1.54) is 11.6 Å². The van der Waals surface area contributed by atoms with E-state index in [1.54, 1.807) is 0 Å². The second-order valence-electron chi connectivity index (χ2n) is 7.05. The summed E-state index contributed by atoms with van der Waals surface area (Å²) in [7, 11) is -3.50. The summed E-state index contributed by atoms with van der Waals surface area (Å²) in [6, 6.07) is 11.4. The molecular weight excluding hydrogens is 388 g/mol. The van der Waals surface area contributed by atoms with Crippen LogP contribution in [0.25, 0.3) is 0 Å². The highest BCUT2D eigenvalue weighted by molar-refractivity contribution is 7.92. The molecule has 2 aliphatic rings. The molecule has 27 heavy (non-hydrogen) atoms. The first-order chi connectivity index (χ1) is 12.9. The van der Waals surface area contributed by atoms with Crippen LogP contribution in [-0.4, -0.2) is 45.4 Å². The van der Waals surface area contributed by atoms with Crippen molar-refractivity contribution in [2.24, 2.45) is 5.92 Å². The maximum Gasteiger partial charge on any atom is 0.305 e. The van der Waals surface area contributed by atoms with Crippen LogP contribution in [0.15, 0.2) is 40.6 Å². The fourth-order valence-corrected chi connectivity index (χ4v) is 6.25. The van der Waals surface area contributed by atoms with Gasteiger partial charge in [0.1, 0.15) is 4.21 Å². The summed E-state index contributed by atoms with van der Waals surface area (Å²) in [6.07, 6.45) is 1.86. The van der Waals surface area contributed by atoms with Crippen LogP contribution in [0.5, 0.6) is 0 Å². The van der Waals surface area contributed by atoms with Gasteiger partial charge in [-0.15, -0.1) is 0 Å². The minimum atomic E-state index is -3.50. The fourth-order valence-electron chi connectivity index (χ4n) is 4.16. The Hall–Kier alpha value is -1.97. The minimum Gasteiger partial charge on any atom is -0.381 e. The van der Waals surface area contributed by atoms with Gasteiger partial charge in [0.2, 0.25) is 0 Å². The molecule has 0 bridgehead atoms. The summed E-state index contributed by atoms with van der Waals surface area (Å²) in [5.74, 6) is 0.421. The SMILES string of the molecule is CS(=O)(=O)c1cc([N+](=O)[O-])c(N2C[C@H](c3ccccc3)[C@@H]3COCC[C@@H]32)s1. The van der Waals surface area contributed by atoms with E-state index >= 15 is 0 Å². The molecule has 2 fully saturated rings. The van der Waals surface area contributed by atoms with Crippen LogP contribution in [0, 0.1) is 16.0 Å². The van der Waals surface area contributed by atoms with Crippen molar-refractivity contribution in [2.75, 3.05) is 30.9 Å². The molecule has 2 aromatic rings. The van der Waals surface area contributed by atoms with Crippen LogP contribution in [0.3, 0.4) is 0 Å². The van der Waals surface area contributed by atoms with Gasteiger partial charge in [0.25, 0.3) is 0 Å². The third-order valence-electron chi connectivity index (χ3n) is 5.39. The number of ether oxygens (including phenoxy) is 1. The van der Waals surface area contributed by atoms with Gasteiger partial charge >= 0.3 is 5.69 Å². The number of sulfone groups is 1. The number of benzene rings is 1. The van der Waals surface area contributed by atoms with Crippen molar-refractivity contribution < 1.29 is 18.1 Å². The summed E-state index contributed by atoms with van der Waals surface area (Å²) in [4.78, 5) is 13.2. The first kappa shape index (κ1) is 18.4. The number of nitro groups is 1. The van der Waals surface area contributed by atoms with Crippen LogP contribution in [0.2, 0.25) is 0 Å². The molecule has 2 aliphatic heterocycles. The average molecular weight is 409 g/mol. The first-order valence-corrected chi connectivity index (χ1v) is 11.4. The van der Waals surface area contributed by atoms with Crippen LogP contribution in [-0.2, 0) is 14.6 Å². The van der Waals surface area contributed by atoms with Crippen LogP contribution in [0.4, 0.5) is 10.7 Å². The first-order valence-electron chi connectivity index (χ1n) is 8.74. The summed E-state index contributed by atoms with van der Waals surface area (Å²) in [6.45, 7) is 1.84. The Balaban J connectivity index is 1.77. The third kappa shape index (κ3) is 3.35. The molecule has 0 amide bonds. The predicted molar refractivity (Wildman–Crippen MR) is 103 cm³/mol. The molecular formula is C18H20N2O5S2. The monoisotopic (exact) mass is 408 g/mol. The lowest BCUT2D eigenvalue weighted by atomic mass is 9.84. The lowest BCUT2D eigenvalue weighted by Crippen LogP contribution is -2.38. The Bertz CT molecular complexity index is 957. The zero-order chi connectivity index (χ0) is 19.2. The van der Waals surface area contributed by atoms with Crippen molar-refractivity contribution in [3.8, 4) is 0 Å². The molecule has 0 unspecified atom stereocenters. The van der Waals surface area contributed by atoms with Crippen LogP contribution < -0.4 is 4.90 Å². The van der Waals surface area contributed by atoms with Crippen LogP contribution >= 0.6 is 11.3 Å². The van der Waals surface area contributed by atoms with Gasteiger partial charge in [0.05, 0.1) is 11.5 Å². The Morgan fingerprint density at radius 1 is 1.30 bits per heavy atom. The van der Waals surface area contributed by atoms with E-state index in [4.69, 9.17) is 4.74 Å². The lowest BCUT2D eigenvalue weighted by molar-refractivity contribution is -0.383. The topological polar surface area (TPSA) is 89.8 Å². The molecule has 1 aromatic heterocycles. The third-order valence-corrected chi connectivity index (χ3v) is 8.36. The van der Waals surface area contributed by atoms with Gasteiger partial charge in [0.15, 0.2) is 14.8 Å². The Morgan fingerprint density at radius 3 is 2.70 bits per heavy atom. The minimum absolute atomic E-state index is 0.0379. The molecule has 0 radical (unpaired) electrons. The summed E-state index contributed by atoms with van der Waals surface area (Å²) in [5, 5.41) is 12.0. The zero-order valence-electron chi connectivity index (χ0n) is 14.8. The van der Waals surface area contributed by atoms with Crippen molar-refractivity contribution in [1.29, 1.82) is 0 Å². The number of hydrogen-bond acceptors (Lipinski definition) is 7. The van der Waals surface area contributed by atoms with Gasteiger partial charge in [-0.2, -0.15) is 0 Å². The van der Waals surface area contributed by atoms with E-state index in [1.807, 2.05) is 23.1 Å². The molecule has 7 nitrogen and oxygen atoms in total. The molecule has 0 N–H and O–H groups in total. The predicted octanol–water partition coefficient (Wildman–Crippen LogP) is 3.07. The Kier molecular flexibility index (Phi) is 4.69. The Labute approximate surface area is 161 Å². The van der Waals surface area contributed by atoms with Crippen molar-refractivity contribution in [1.82, 2.24) is 0 Å². The van der Waals surface area contributed by atoms with Crippen molar-refractivity contribution in [2.45, 2.75) is 22.6 Å². The zero-order valence-corrected chi connectivity index (χ0v) is 16.4. The van der Waals surface area contributed by atoms with Crippen molar-refractivity contribution in [3.05, 3.63) is 52.1 Å². The highest BCUT2D eigenvalue weighted by Gasteiger charge is 2.46. The molecule has 3 atom stereocenters. The summed E-state index contributed by atoms with van der Waals surface area (Å²) < 4.78 is 29.6. The number of rotatable bonds is 4. The number of nitrogens with zero attached hydrogens (tertiary/aromatic N) is 2. The molecule has 4 rings (SSSR count). The van der Waals surface area contributed by atoms with Gasteiger partial charge in [-0.25, -0.2) is 8.42 Å². The van der Waals surface area contributed by atoms with Crippen molar-refractivity contribution >= 4 is 31.9 Å². The van der Waals surface area contributed by atoms with Gasteiger partial charge < -0.3 is 9.64 Å². The highest BCUT2D eigenvalue weighted by atomic mass is 32.2. The molecule has 3 heterocycles. The summed E-state index contributed by atoms with van der Waals surface area (Å²) >= 11 is 1.00. The fraction of sp³-hybridized carbons (Fsp3) is 0.444.